The Morgan fingerprint density at radius 3 is 2.72 bits per heavy atom. The minimum atomic E-state index is -0.231. The number of carbonyl (C=O) groups excluding carboxylic acids is 1. The summed E-state index contributed by atoms with van der Waals surface area (Å²) in [5.74, 6) is 1.27. The highest BCUT2D eigenvalue weighted by molar-refractivity contribution is 7.12. The monoisotopic (exact) mass is 415 g/mol. The fraction of sp³-hybridized carbons (Fsp3) is 0.429. The second-order valence-electron chi connectivity index (χ2n) is 6.95. The zero-order chi connectivity index (χ0) is 20.2. The van der Waals surface area contributed by atoms with E-state index in [1.165, 1.54) is 0 Å². The number of benzene rings is 1. The number of morpholine rings is 1. The standard InChI is InChI=1S/C21H25N3O4S/c1-26-18-6-3-5-15(21(18)27-2)17-13-16(19-7-4-12-29-19)22-24(17)20(25)14-23-8-10-28-11-9-23/h3-7,12,17H,8-11,13-14H2,1-2H3/t17-/m1/s1. The largest absolute Gasteiger partial charge is 0.493 e. The van der Waals surface area contributed by atoms with Crippen LogP contribution in [-0.2, 0) is 9.53 Å². The third-order valence-corrected chi connectivity index (χ3v) is 6.15. The number of ether oxygens (including phenoxy) is 3. The molecule has 154 valence electrons. The van der Waals surface area contributed by atoms with Gasteiger partial charge < -0.3 is 14.2 Å². The molecule has 1 aromatic heterocycles. The third-order valence-electron chi connectivity index (χ3n) is 5.23. The van der Waals surface area contributed by atoms with Crippen LogP contribution in [0.4, 0.5) is 0 Å². The maximum Gasteiger partial charge on any atom is 0.257 e. The van der Waals surface area contributed by atoms with Gasteiger partial charge in [-0.2, -0.15) is 5.10 Å². The molecule has 0 aliphatic carbocycles. The van der Waals surface area contributed by atoms with Crippen molar-refractivity contribution in [2.75, 3.05) is 47.1 Å². The highest BCUT2D eigenvalue weighted by atomic mass is 32.1. The molecule has 2 aliphatic heterocycles. The zero-order valence-electron chi connectivity index (χ0n) is 16.7. The SMILES string of the molecule is COc1cccc([C@H]2CC(c3cccs3)=NN2C(=O)CN2CCOCC2)c1OC. The maximum atomic E-state index is 13.2. The Morgan fingerprint density at radius 1 is 1.21 bits per heavy atom. The topological polar surface area (TPSA) is 63.6 Å². The lowest BCUT2D eigenvalue weighted by molar-refractivity contribution is -0.135. The van der Waals surface area contributed by atoms with E-state index in [1.54, 1.807) is 30.6 Å². The summed E-state index contributed by atoms with van der Waals surface area (Å²) in [5.41, 5.74) is 1.82. The van der Waals surface area contributed by atoms with Crippen LogP contribution >= 0.6 is 11.3 Å². The molecule has 29 heavy (non-hydrogen) atoms. The van der Waals surface area contributed by atoms with Crippen molar-refractivity contribution in [2.45, 2.75) is 12.5 Å². The predicted molar refractivity (Wildman–Crippen MR) is 112 cm³/mol. The molecule has 2 aliphatic rings. The summed E-state index contributed by atoms with van der Waals surface area (Å²) < 4.78 is 16.5. The summed E-state index contributed by atoms with van der Waals surface area (Å²) in [6.07, 6.45) is 0.638. The number of para-hydroxylation sites is 1. The molecular formula is C21H25N3O4S. The Bertz CT molecular complexity index is 878. The van der Waals surface area contributed by atoms with Gasteiger partial charge >= 0.3 is 0 Å². The second kappa shape index (κ2) is 8.94. The summed E-state index contributed by atoms with van der Waals surface area (Å²) in [6, 6.07) is 9.57. The van der Waals surface area contributed by atoms with Gasteiger partial charge in [0.1, 0.15) is 0 Å². The Morgan fingerprint density at radius 2 is 2.03 bits per heavy atom. The number of rotatable bonds is 6. The van der Waals surface area contributed by atoms with E-state index in [9.17, 15) is 4.79 Å². The van der Waals surface area contributed by atoms with Crippen LogP contribution in [0, 0.1) is 0 Å². The van der Waals surface area contributed by atoms with Gasteiger partial charge in [-0.25, -0.2) is 5.01 Å². The number of carbonyl (C=O) groups is 1. The van der Waals surface area contributed by atoms with Gasteiger partial charge in [0.05, 0.1) is 50.6 Å². The molecule has 0 bridgehead atoms. The van der Waals surface area contributed by atoms with Crippen LogP contribution in [0.1, 0.15) is 22.9 Å². The van der Waals surface area contributed by atoms with Crippen LogP contribution in [0.25, 0.3) is 0 Å². The van der Waals surface area contributed by atoms with Gasteiger partial charge in [-0.1, -0.05) is 18.2 Å². The van der Waals surface area contributed by atoms with Gasteiger partial charge in [0.2, 0.25) is 0 Å². The van der Waals surface area contributed by atoms with E-state index in [4.69, 9.17) is 19.3 Å². The Kier molecular flexibility index (Phi) is 6.13. The molecule has 2 aromatic rings. The highest BCUT2D eigenvalue weighted by Crippen LogP contribution is 2.42. The first-order chi connectivity index (χ1) is 14.2. The fourth-order valence-corrected chi connectivity index (χ4v) is 4.49. The Labute approximate surface area is 174 Å². The number of amides is 1. The molecular weight excluding hydrogens is 390 g/mol. The molecule has 0 radical (unpaired) electrons. The Balaban J connectivity index is 1.65. The minimum absolute atomic E-state index is 0.0201. The maximum absolute atomic E-state index is 13.2. The van der Waals surface area contributed by atoms with Gasteiger partial charge in [-0.15, -0.1) is 11.3 Å². The zero-order valence-corrected chi connectivity index (χ0v) is 17.5. The molecule has 0 unspecified atom stereocenters. The molecule has 1 amide bonds. The van der Waals surface area contributed by atoms with Gasteiger partial charge in [0.15, 0.2) is 11.5 Å². The van der Waals surface area contributed by atoms with Crippen LogP contribution in [-0.4, -0.2) is 68.6 Å². The number of methoxy groups -OCH3 is 2. The molecule has 0 N–H and O–H groups in total. The van der Waals surface area contributed by atoms with Gasteiger partial charge in [0.25, 0.3) is 5.91 Å². The molecule has 8 heteroatoms. The van der Waals surface area contributed by atoms with Crippen LogP contribution in [0.2, 0.25) is 0 Å². The lowest BCUT2D eigenvalue weighted by atomic mass is 9.99. The predicted octanol–water partition coefficient (Wildman–Crippen LogP) is 2.78. The van der Waals surface area contributed by atoms with Crippen molar-refractivity contribution in [3.63, 3.8) is 0 Å². The molecule has 7 nitrogen and oxygen atoms in total. The number of hydrogen-bond donors (Lipinski definition) is 0. The van der Waals surface area contributed by atoms with Crippen molar-refractivity contribution >= 4 is 23.0 Å². The van der Waals surface area contributed by atoms with Crippen molar-refractivity contribution in [1.82, 2.24) is 9.91 Å². The average Bonchev–Trinajstić information content (AvgIpc) is 3.43. The fourth-order valence-electron chi connectivity index (χ4n) is 3.77. The van der Waals surface area contributed by atoms with E-state index in [1.807, 2.05) is 35.7 Å². The second-order valence-corrected chi connectivity index (χ2v) is 7.90. The van der Waals surface area contributed by atoms with Gasteiger partial charge in [-0.05, 0) is 17.5 Å². The van der Waals surface area contributed by atoms with Crippen LogP contribution < -0.4 is 9.47 Å². The first kappa shape index (κ1) is 19.9. The number of thiophene rings is 1. The minimum Gasteiger partial charge on any atom is -0.493 e. The van der Waals surface area contributed by atoms with Gasteiger partial charge in [-0.3, -0.25) is 9.69 Å². The molecule has 1 atom stereocenters. The number of hydrazone groups is 1. The summed E-state index contributed by atoms with van der Waals surface area (Å²) in [4.78, 5) is 16.4. The van der Waals surface area contributed by atoms with Crippen molar-refractivity contribution < 1.29 is 19.0 Å². The van der Waals surface area contributed by atoms with E-state index in [0.717, 1.165) is 29.2 Å². The normalized spacial score (nSPS) is 19.9. The van der Waals surface area contributed by atoms with E-state index < -0.39 is 0 Å². The molecule has 1 aromatic carbocycles. The van der Waals surface area contributed by atoms with Crippen molar-refractivity contribution in [3.05, 3.63) is 46.2 Å². The van der Waals surface area contributed by atoms with E-state index in [0.29, 0.717) is 37.7 Å². The first-order valence-corrected chi connectivity index (χ1v) is 10.5. The van der Waals surface area contributed by atoms with Crippen molar-refractivity contribution in [1.29, 1.82) is 0 Å². The molecule has 3 heterocycles. The van der Waals surface area contributed by atoms with Crippen LogP contribution in [0.5, 0.6) is 11.5 Å². The lowest BCUT2D eigenvalue weighted by Gasteiger charge is -2.29. The Hall–Kier alpha value is -2.42. The lowest BCUT2D eigenvalue weighted by Crippen LogP contribution is -2.43. The van der Waals surface area contributed by atoms with Crippen LogP contribution in [0.15, 0.2) is 40.8 Å². The van der Waals surface area contributed by atoms with Gasteiger partial charge in [0, 0.05) is 25.1 Å². The van der Waals surface area contributed by atoms with Crippen molar-refractivity contribution in [3.8, 4) is 11.5 Å². The quantitative estimate of drug-likeness (QED) is 0.726. The summed E-state index contributed by atoms with van der Waals surface area (Å²) in [5, 5.41) is 8.39. The average molecular weight is 416 g/mol. The third kappa shape index (κ3) is 4.14. The molecule has 4 rings (SSSR count). The van der Waals surface area contributed by atoms with Crippen molar-refractivity contribution in [2.24, 2.45) is 5.10 Å². The van der Waals surface area contributed by atoms with Crippen LogP contribution in [0.3, 0.4) is 0 Å². The molecule has 1 saturated heterocycles. The molecule has 0 spiro atoms. The first-order valence-electron chi connectivity index (χ1n) is 9.65. The van der Waals surface area contributed by atoms with E-state index in [2.05, 4.69) is 4.90 Å². The van der Waals surface area contributed by atoms with E-state index >= 15 is 0 Å². The number of nitrogens with zero attached hydrogens (tertiary/aromatic N) is 3. The number of hydrogen-bond acceptors (Lipinski definition) is 7. The summed E-state index contributed by atoms with van der Waals surface area (Å²) in [7, 11) is 3.24. The summed E-state index contributed by atoms with van der Waals surface area (Å²) in [6.45, 7) is 3.16. The molecule has 0 saturated carbocycles. The highest BCUT2D eigenvalue weighted by Gasteiger charge is 2.36. The van der Waals surface area contributed by atoms with E-state index in [-0.39, 0.29) is 11.9 Å². The smallest absolute Gasteiger partial charge is 0.257 e. The summed E-state index contributed by atoms with van der Waals surface area (Å²) >= 11 is 1.63. The molecule has 1 fully saturated rings.